The van der Waals surface area contributed by atoms with E-state index >= 15 is 0 Å². The van der Waals surface area contributed by atoms with Crippen molar-refractivity contribution in [2.45, 2.75) is 17.9 Å². The third kappa shape index (κ3) is 2.95. The van der Waals surface area contributed by atoms with E-state index in [1.54, 1.807) is 25.4 Å². The zero-order valence-corrected chi connectivity index (χ0v) is 14.2. The lowest BCUT2D eigenvalue weighted by atomic mass is 10.1. The summed E-state index contributed by atoms with van der Waals surface area (Å²) in [6.07, 6.45) is 2.96. The first-order chi connectivity index (χ1) is 10.9. The minimum absolute atomic E-state index is 0.182. The molecule has 2 aromatic heterocycles. The molecule has 3 aromatic rings. The molecule has 1 atom stereocenters. The largest absolute Gasteiger partial charge is 0.243 e. The summed E-state index contributed by atoms with van der Waals surface area (Å²) in [6, 6.07) is 9.83. The minimum Gasteiger partial charge on any atom is -0.221 e. The molecular formula is C15H15ClN4O2S. The predicted molar refractivity (Wildman–Crippen MR) is 87.8 cm³/mol. The lowest BCUT2D eigenvalue weighted by molar-refractivity contribution is 0.398. The number of hydrogen-bond acceptors (Lipinski definition) is 4. The summed E-state index contributed by atoms with van der Waals surface area (Å²) in [5, 5.41) is 4.58. The topological polar surface area (TPSA) is 67.6 Å². The molecule has 0 N–H and O–H groups in total. The molecule has 0 saturated heterocycles. The monoisotopic (exact) mass is 350 g/mol. The Morgan fingerprint density at radius 2 is 1.91 bits per heavy atom. The Bertz CT molecular complexity index is 938. The average molecular weight is 351 g/mol. The highest BCUT2D eigenvalue weighted by Crippen LogP contribution is 2.26. The Morgan fingerprint density at radius 1 is 1.22 bits per heavy atom. The number of sulfonamides is 1. The first-order valence-electron chi connectivity index (χ1n) is 6.92. The van der Waals surface area contributed by atoms with Crippen molar-refractivity contribution in [3.05, 3.63) is 59.5 Å². The molecule has 6 nitrogen and oxygen atoms in total. The van der Waals surface area contributed by atoms with Gasteiger partial charge in [0, 0.05) is 30.4 Å². The second-order valence-corrected chi connectivity index (χ2v) is 7.61. The Labute approximate surface area is 139 Å². The molecule has 2 heterocycles. The highest BCUT2D eigenvalue weighted by molar-refractivity contribution is 7.89. The maximum Gasteiger partial charge on any atom is 0.243 e. The van der Waals surface area contributed by atoms with Crippen LogP contribution in [0.4, 0.5) is 0 Å². The lowest BCUT2D eigenvalue weighted by Crippen LogP contribution is -2.29. The predicted octanol–water partition coefficient (Wildman–Crippen LogP) is 2.76. The number of hydrogen-bond donors (Lipinski definition) is 0. The van der Waals surface area contributed by atoms with E-state index in [-0.39, 0.29) is 10.9 Å². The molecule has 0 aliphatic rings. The van der Waals surface area contributed by atoms with Crippen molar-refractivity contribution in [3.8, 4) is 0 Å². The molecule has 0 bridgehead atoms. The molecule has 0 fully saturated rings. The minimum atomic E-state index is -3.65. The molecule has 120 valence electrons. The number of pyridine rings is 1. The maximum absolute atomic E-state index is 12.8. The number of fused-ring (bicyclic) bond motifs is 1. The second kappa shape index (κ2) is 5.92. The van der Waals surface area contributed by atoms with Crippen molar-refractivity contribution >= 4 is 27.3 Å². The average Bonchev–Trinajstić information content (AvgIpc) is 3.01. The maximum atomic E-state index is 12.8. The van der Waals surface area contributed by atoms with Gasteiger partial charge in [0.05, 0.1) is 4.90 Å². The van der Waals surface area contributed by atoms with Crippen molar-refractivity contribution in [1.29, 1.82) is 0 Å². The molecule has 8 heteroatoms. The van der Waals surface area contributed by atoms with E-state index in [2.05, 4.69) is 10.1 Å². The standard InChI is InChI=1S/C15H15ClN4O2S/c1-11(12-3-5-13(16)6-4-12)19(2)23(21,22)14-7-8-20-15(9-14)17-10-18-20/h3-11H,1-2H3/t11-/m0/s1. The number of benzene rings is 1. The van der Waals surface area contributed by atoms with Gasteiger partial charge in [-0.25, -0.2) is 17.9 Å². The summed E-state index contributed by atoms with van der Waals surface area (Å²) in [6.45, 7) is 1.83. The van der Waals surface area contributed by atoms with Crippen molar-refractivity contribution in [2.75, 3.05) is 7.05 Å². The Balaban J connectivity index is 1.95. The number of nitrogens with zero attached hydrogens (tertiary/aromatic N) is 4. The molecule has 0 aliphatic heterocycles. The number of rotatable bonds is 4. The van der Waals surface area contributed by atoms with Crippen LogP contribution in [0.25, 0.3) is 5.65 Å². The van der Waals surface area contributed by atoms with Crippen LogP contribution in [0.1, 0.15) is 18.5 Å². The highest BCUT2D eigenvalue weighted by atomic mass is 35.5. The van der Waals surface area contributed by atoms with Gasteiger partial charge in [0.2, 0.25) is 10.0 Å². The van der Waals surface area contributed by atoms with E-state index in [4.69, 9.17) is 11.6 Å². The fourth-order valence-electron chi connectivity index (χ4n) is 2.28. The van der Waals surface area contributed by atoms with Crippen molar-refractivity contribution in [3.63, 3.8) is 0 Å². The van der Waals surface area contributed by atoms with Crippen LogP contribution in [0.3, 0.4) is 0 Å². The van der Waals surface area contributed by atoms with Gasteiger partial charge >= 0.3 is 0 Å². The summed E-state index contributed by atoms with van der Waals surface area (Å²) < 4.78 is 28.5. The molecule has 23 heavy (non-hydrogen) atoms. The zero-order valence-electron chi connectivity index (χ0n) is 12.6. The summed E-state index contributed by atoms with van der Waals surface area (Å²) in [5.41, 5.74) is 1.35. The van der Waals surface area contributed by atoms with E-state index in [9.17, 15) is 8.42 Å². The summed E-state index contributed by atoms with van der Waals surface area (Å²) >= 11 is 5.88. The van der Waals surface area contributed by atoms with Crippen LogP contribution in [0.5, 0.6) is 0 Å². The van der Waals surface area contributed by atoms with E-state index in [0.29, 0.717) is 10.7 Å². The van der Waals surface area contributed by atoms with Crippen LogP contribution < -0.4 is 0 Å². The zero-order chi connectivity index (χ0) is 16.6. The molecular weight excluding hydrogens is 336 g/mol. The third-order valence-corrected chi connectivity index (χ3v) is 6.00. The molecule has 1 aromatic carbocycles. The molecule has 0 aliphatic carbocycles. The Hall–Kier alpha value is -1.96. The van der Waals surface area contributed by atoms with E-state index in [0.717, 1.165) is 5.56 Å². The normalized spacial score (nSPS) is 13.6. The number of aromatic nitrogens is 3. The van der Waals surface area contributed by atoms with Gasteiger partial charge in [-0.1, -0.05) is 23.7 Å². The lowest BCUT2D eigenvalue weighted by Gasteiger charge is -2.24. The third-order valence-electron chi connectivity index (χ3n) is 3.83. The summed E-state index contributed by atoms with van der Waals surface area (Å²) in [5.74, 6) is 0. The van der Waals surface area contributed by atoms with Crippen LogP contribution in [0, 0.1) is 0 Å². The van der Waals surface area contributed by atoms with Gasteiger partial charge < -0.3 is 0 Å². The van der Waals surface area contributed by atoms with Gasteiger partial charge in [0.25, 0.3) is 0 Å². The molecule has 0 amide bonds. The summed E-state index contributed by atoms with van der Waals surface area (Å²) in [4.78, 5) is 4.20. The van der Waals surface area contributed by atoms with Crippen molar-refractivity contribution in [2.24, 2.45) is 0 Å². The van der Waals surface area contributed by atoms with Gasteiger partial charge in [0.15, 0.2) is 5.65 Å². The van der Waals surface area contributed by atoms with Crippen LogP contribution in [-0.4, -0.2) is 34.4 Å². The van der Waals surface area contributed by atoms with Gasteiger partial charge in [-0.15, -0.1) is 0 Å². The van der Waals surface area contributed by atoms with Gasteiger partial charge in [-0.05, 0) is 30.7 Å². The molecule has 3 rings (SSSR count). The summed E-state index contributed by atoms with van der Waals surface area (Å²) in [7, 11) is -2.09. The molecule has 0 spiro atoms. The first-order valence-corrected chi connectivity index (χ1v) is 8.74. The molecule has 0 unspecified atom stereocenters. The number of halogens is 1. The van der Waals surface area contributed by atoms with Gasteiger partial charge in [0.1, 0.15) is 6.33 Å². The molecule has 0 saturated carbocycles. The van der Waals surface area contributed by atoms with Gasteiger partial charge in [-0.3, -0.25) is 0 Å². The Morgan fingerprint density at radius 3 is 2.61 bits per heavy atom. The molecule has 0 radical (unpaired) electrons. The van der Waals surface area contributed by atoms with Crippen molar-refractivity contribution < 1.29 is 8.42 Å². The van der Waals surface area contributed by atoms with Gasteiger partial charge in [-0.2, -0.15) is 9.40 Å². The van der Waals surface area contributed by atoms with Crippen LogP contribution in [0.2, 0.25) is 5.02 Å². The fourth-order valence-corrected chi connectivity index (χ4v) is 3.77. The van der Waals surface area contributed by atoms with Crippen LogP contribution in [-0.2, 0) is 10.0 Å². The van der Waals surface area contributed by atoms with E-state index < -0.39 is 10.0 Å². The van der Waals surface area contributed by atoms with Crippen LogP contribution >= 0.6 is 11.6 Å². The van der Waals surface area contributed by atoms with Crippen molar-refractivity contribution in [1.82, 2.24) is 18.9 Å². The van der Waals surface area contributed by atoms with E-state index in [1.165, 1.54) is 27.3 Å². The quantitative estimate of drug-likeness (QED) is 0.725. The smallest absolute Gasteiger partial charge is 0.221 e. The highest BCUT2D eigenvalue weighted by Gasteiger charge is 2.26. The SMILES string of the molecule is C[C@@H](c1ccc(Cl)cc1)N(C)S(=O)(=O)c1ccn2ncnc2c1. The Kier molecular flexibility index (Phi) is 4.09. The second-order valence-electron chi connectivity index (χ2n) is 5.17. The van der Waals surface area contributed by atoms with Crippen LogP contribution in [0.15, 0.2) is 53.8 Å². The first kappa shape index (κ1) is 15.9. The van der Waals surface area contributed by atoms with E-state index in [1.807, 2.05) is 19.1 Å². The fraction of sp³-hybridized carbons (Fsp3) is 0.200.